The summed E-state index contributed by atoms with van der Waals surface area (Å²) in [6.45, 7) is 2.05. The average Bonchev–Trinajstić information content (AvgIpc) is 2.30. The van der Waals surface area contributed by atoms with Crippen LogP contribution < -0.4 is 4.73 Å². The van der Waals surface area contributed by atoms with E-state index >= 15 is 0 Å². The zero-order valence-corrected chi connectivity index (χ0v) is 11.1. The molecule has 1 unspecified atom stereocenters. The lowest BCUT2D eigenvalue weighted by Crippen LogP contribution is -2.32. The summed E-state index contributed by atoms with van der Waals surface area (Å²) in [5.74, 6) is 0.121. The van der Waals surface area contributed by atoms with Crippen LogP contribution in [-0.4, -0.2) is 0 Å². The van der Waals surface area contributed by atoms with E-state index in [1.165, 1.54) is 3.57 Å². The lowest BCUT2D eigenvalue weighted by Gasteiger charge is -2.11. The third-order valence-electron chi connectivity index (χ3n) is 2.67. The smallest absolute Gasteiger partial charge is 0.199 e. The van der Waals surface area contributed by atoms with Gasteiger partial charge in [0.1, 0.15) is 0 Å². The number of rotatable bonds is 2. The average molecular weight is 325 g/mol. The summed E-state index contributed by atoms with van der Waals surface area (Å²) in [6, 6.07) is 13.8. The van der Waals surface area contributed by atoms with Crippen LogP contribution >= 0.6 is 22.6 Å². The van der Waals surface area contributed by atoms with Crippen LogP contribution in [-0.2, 0) is 0 Å². The lowest BCUT2D eigenvalue weighted by atomic mass is 9.97. The Bertz CT molecular complexity index is 482. The lowest BCUT2D eigenvalue weighted by molar-refractivity contribution is -0.614. The van der Waals surface area contributed by atoms with E-state index in [9.17, 15) is 5.21 Å². The number of hydrogen-bond acceptors (Lipinski definition) is 1. The third kappa shape index (κ3) is 2.35. The van der Waals surface area contributed by atoms with E-state index in [1.807, 2.05) is 19.1 Å². The van der Waals surface area contributed by atoms with Gasteiger partial charge < -0.3 is 5.21 Å². The molecule has 1 aromatic carbocycles. The summed E-state index contributed by atoms with van der Waals surface area (Å²) in [7, 11) is 0. The van der Waals surface area contributed by atoms with Gasteiger partial charge in [0.15, 0.2) is 11.9 Å². The first-order valence-corrected chi connectivity index (χ1v) is 6.20. The Kier molecular flexibility index (Phi) is 3.43. The molecule has 82 valence electrons. The van der Waals surface area contributed by atoms with Crippen LogP contribution in [0.15, 0.2) is 48.7 Å². The number of aromatic nitrogens is 1. The molecule has 0 bridgehead atoms. The summed E-state index contributed by atoms with van der Waals surface area (Å²) >= 11 is 2.27. The highest BCUT2D eigenvalue weighted by Gasteiger charge is 2.15. The van der Waals surface area contributed by atoms with Gasteiger partial charge in [0, 0.05) is 15.7 Å². The van der Waals surface area contributed by atoms with E-state index in [1.54, 1.807) is 12.3 Å². The molecule has 1 aromatic heterocycles. The molecule has 0 radical (unpaired) electrons. The molecule has 2 rings (SSSR count). The molecule has 0 spiro atoms. The second kappa shape index (κ2) is 4.82. The number of halogens is 1. The van der Waals surface area contributed by atoms with E-state index in [0.717, 1.165) is 16.0 Å². The van der Waals surface area contributed by atoms with Crippen LogP contribution in [0.2, 0.25) is 0 Å². The van der Waals surface area contributed by atoms with Crippen molar-refractivity contribution in [1.29, 1.82) is 0 Å². The summed E-state index contributed by atoms with van der Waals surface area (Å²) in [6.07, 6.45) is 1.54. The molecule has 1 heterocycles. The number of benzene rings is 1. The fourth-order valence-corrected chi connectivity index (χ4v) is 2.06. The van der Waals surface area contributed by atoms with Gasteiger partial charge in [0.25, 0.3) is 0 Å². The van der Waals surface area contributed by atoms with Gasteiger partial charge in [-0.05, 0) is 53.3 Å². The maximum atomic E-state index is 11.6. The number of hydrogen-bond donors (Lipinski definition) is 0. The van der Waals surface area contributed by atoms with E-state index in [4.69, 9.17) is 0 Å². The highest BCUT2D eigenvalue weighted by molar-refractivity contribution is 14.1. The molecule has 3 heteroatoms. The molecule has 1 atom stereocenters. The van der Waals surface area contributed by atoms with Crippen molar-refractivity contribution < 1.29 is 4.73 Å². The third-order valence-corrected chi connectivity index (χ3v) is 3.39. The van der Waals surface area contributed by atoms with Gasteiger partial charge in [-0.3, -0.25) is 0 Å². The van der Waals surface area contributed by atoms with Crippen LogP contribution in [0.25, 0.3) is 0 Å². The van der Waals surface area contributed by atoms with Gasteiger partial charge in [0.2, 0.25) is 0 Å². The quantitative estimate of drug-likeness (QED) is 0.474. The fraction of sp³-hybridized carbons (Fsp3) is 0.154. The second-order valence-corrected chi connectivity index (χ2v) is 4.97. The van der Waals surface area contributed by atoms with Crippen LogP contribution in [0.4, 0.5) is 0 Å². The van der Waals surface area contributed by atoms with Crippen molar-refractivity contribution in [2.45, 2.75) is 12.8 Å². The van der Waals surface area contributed by atoms with E-state index in [2.05, 4.69) is 46.9 Å². The predicted molar refractivity (Wildman–Crippen MR) is 72.1 cm³/mol. The molecule has 0 N–H and O–H groups in total. The maximum absolute atomic E-state index is 11.6. The Morgan fingerprint density at radius 3 is 2.44 bits per heavy atom. The first kappa shape index (κ1) is 11.4. The van der Waals surface area contributed by atoms with Crippen molar-refractivity contribution in [3.05, 3.63) is 68.7 Å². The first-order valence-electron chi connectivity index (χ1n) is 5.12. The molecule has 0 aliphatic heterocycles. The molecule has 0 aliphatic carbocycles. The van der Waals surface area contributed by atoms with Crippen molar-refractivity contribution in [3.8, 4) is 0 Å². The molecule has 0 saturated carbocycles. The van der Waals surface area contributed by atoms with Gasteiger partial charge in [-0.1, -0.05) is 12.1 Å². The second-order valence-electron chi connectivity index (χ2n) is 3.72. The topological polar surface area (TPSA) is 26.9 Å². The normalized spacial score (nSPS) is 12.4. The minimum atomic E-state index is 0.121. The Balaban J connectivity index is 2.35. The molecule has 2 aromatic rings. The SMILES string of the molecule is CC(c1ccc(I)cc1)c1cccc[n+]1[O-]. The van der Waals surface area contributed by atoms with Crippen molar-refractivity contribution in [2.75, 3.05) is 0 Å². The number of nitrogens with zero attached hydrogens (tertiary/aromatic N) is 1. The van der Waals surface area contributed by atoms with Crippen molar-refractivity contribution in [1.82, 2.24) is 0 Å². The molecule has 0 fully saturated rings. The first-order chi connectivity index (χ1) is 7.68. The van der Waals surface area contributed by atoms with Crippen molar-refractivity contribution >= 4 is 22.6 Å². The van der Waals surface area contributed by atoms with Gasteiger partial charge in [-0.15, -0.1) is 0 Å². The Morgan fingerprint density at radius 2 is 1.81 bits per heavy atom. The van der Waals surface area contributed by atoms with E-state index in [0.29, 0.717) is 0 Å². The van der Waals surface area contributed by atoms with Crippen LogP contribution in [0.5, 0.6) is 0 Å². The van der Waals surface area contributed by atoms with Gasteiger partial charge in [-0.25, -0.2) is 0 Å². The van der Waals surface area contributed by atoms with Crippen LogP contribution in [0.3, 0.4) is 0 Å². The molecule has 0 saturated heterocycles. The number of pyridine rings is 1. The highest BCUT2D eigenvalue weighted by atomic mass is 127. The summed E-state index contributed by atoms with van der Waals surface area (Å²) < 4.78 is 2.14. The Labute approximate surface area is 109 Å². The van der Waals surface area contributed by atoms with Gasteiger partial charge in [-0.2, -0.15) is 4.73 Å². The zero-order chi connectivity index (χ0) is 11.5. The molecular formula is C13H12INO. The van der Waals surface area contributed by atoms with Crippen LogP contribution in [0, 0.1) is 8.78 Å². The van der Waals surface area contributed by atoms with E-state index < -0.39 is 0 Å². The molecule has 0 aliphatic rings. The monoisotopic (exact) mass is 325 g/mol. The molecule has 0 amide bonds. The van der Waals surface area contributed by atoms with Gasteiger partial charge >= 0.3 is 0 Å². The van der Waals surface area contributed by atoms with Crippen molar-refractivity contribution in [2.24, 2.45) is 0 Å². The zero-order valence-electron chi connectivity index (χ0n) is 8.93. The highest BCUT2D eigenvalue weighted by Crippen LogP contribution is 2.21. The molecular weight excluding hydrogens is 313 g/mol. The molecule has 2 nitrogen and oxygen atoms in total. The van der Waals surface area contributed by atoms with Gasteiger partial charge in [0.05, 0.1) is 5.92 Å². The van der Waals surface area contributed by atoms with Crippen molar-refractivity contribution in [3.63, 3.8) is 0 Å². The standard InChI is InChI=1S/C13H12INO/c1-10(11-5-7-12(14)8-6-11)13-4-2-3-9-15(13)16/h2-10H,1H3. The molecule has 16 heavy (non-hydrogen) atoms. The Morgan fingerprint density at radius 1 is 1.12 bits per heavy atom. The summed E-state index contributed by atoms with van der Waals surface area (Å²) in [4.78, 5) is 0. The minimum absolute atomic E-state index is 0.121. The predicted octanol–water partition coefficient (Wildman–Crippen LogP) is 3.08. The summed E-state index contributed by atoms with van der Waals surface area (Å²) in [5, 5.41) is 11.6. The maximum Gasteiger partial charge on any atom is 0.199 e. The van der Waals surface area contributed by atoms with E-state index in [-0.39, 0.29) is 5.92 Å². The fourth-order valence-electron chi connectivity index (χ4n) is 1.70. The largest absolute Gasteiger partial charge is 0.618 e. The Hall–Kier alpha value is -1.10. The van der Waals surface area contributed by atoms with Crippen LogP contribution in [0.1, 0.15) is 24.1 Å². The summed E-state index contributed by atoms with van der Waals surface area (Å²) in [5.41, 5.74) is 1.94. The minimum Gasteiger partial charge on any atom is -0.618 e.